The Morgan fingerprint density at radius 3 is 2.26 bits per heavy atom. The molecule has 0 fully saturated rings. The lowest BCUT2D eigenvalue weighted by molar-refractivity contribution is -0.165. The summed E-state index contributed by atoms with van der Waals surface area (Å²) < 4.78 is 10.3. The summed E-state index contributed by atoms with van der Waals surface area (Å²) >= 11 is 0. The normalized spacial score (nSPS) is 12.3. The van der Waals surface area contributed by atoms with Gasteiger partial charge in [0.1, 0.15) is 0 Å². The lowest BCUT2D eigenvalue weighted by Crippen LogP contribution is -2.39. The van der Waals surface area contributed by atoms with E-state index in [1.165, 1.54) is 14.0 Å². The van der Waals surface area contributed by atoms with Gasteiger partial charge in [-0.15, -0.1) is 0 Å². The van der Waals surface area contributed by atoms with E-state index < -0.39 is 11.6 Å². The van der Waals surface area contributed by atoms with E-state index in [1.54, 1.807) is 38.1 Å². The monoisotopic (exact) mass is 377 g/mol. The second kappa shape index (κ2) is 11.5. The van der Waals surface area contributed by atoms with Crippen molar-refractivity contribution in [1.82, 2.24) is 5.32 Å². The average Bonchev–Trinajstić information content (AvgIpc) is 2.65. The van der Waals surface area contributed by atoms with Gasteiger partial charge in [-0.05, 0) is 45.7 Å². The Bertz CT molecular complexity index is 612. The van der Waals surface area contributed by atoms with Gasteiger partial charge in [-0.2, -0.15) is 0 Å². The van der Waals surface area contributed by atoms with E-state index in [9.17, 15) is 14.4 Å². The molecule has 0 spiro atoms. The average molecular weight is 377 g/mol. The third-order valence-corrected chi connectivity index (χ3v) is 4.36. The molecule has 1 unspecified atom stereocenters. The number of benzene rings is 1. The quantitative estimate of drug-likeness (QED) is 0.446. The Hall–Kier alpha value is -2.21. The largest absolute Gasteiger partial charge is 0.467 e. The first kappa shape index (κ1) is 22.8. The second-order valence-electron chi connectivity index (χ2n) is 7.06. The second-order valence-corrected chi connectivity index (χ2v) is 7.06. The van der Waals surface area contributed by atoms with Gasteiger partial charge in [0, 0.05) is 12.2 Å². The molecule has 1 rings (SSSR count). The zero-order valence-electron chi connectivity index (χ0n) is 16.7. The van der Waals surface area contributed by atoms with E-state index in [1.807, 2.05) is 6.07 Å². The fourth-order valence-electron chi connectivity index (χ4n) is 2.64. The van der Waals surface area contributed by atoms with Crippen LogP contribution in [0.2, 0.25) is 0 Å². The van der Waals surface area contributed by atoms with Gasteiger partial charge >= 0.3 is 5.97 Å². The summed E-state index contributed by atoms with van der Waals surface area (Å²) in [4.78, 5) is 35.5. The van der Waals surface area contributed by atoms with Crippen LogP contribution in [0.4, 0.5) is 0 Å². The number of ketones is 1. The number of hydrogen-bond acceptors (Lipinski definition) is 5. The first-order valence-electron chi connectivity index (χ1n) is 9.36. The van der Waals surface area contributed by atoms with E-state index in [0.29, 0.717) is 18.6 Å². The van der Waals surface area contributed by atoms with Gasteiger partial charge in [0.15, 0.2) is 11.4 Å². The zero-order chi connectivity index (χ0) is 20.3. The number of carbonyl (C=O) groups excluding carboxylic acids is 3. The van der Waals surface area contributed by atoms with Crippen molar-refractivity contribution in [2.75, 3.05) is 13.7 Å². The van der Waals surface area contributed by atoms with Crippen LogP contribution < -0.4 is 5.32 Å². The van der Waals surface area contributed by atoms with Gasteiger partial charge in [-0.3, -0.25) is 9.59 Å². The van der Waals surface area contributed by atoms with Crippen molar-refractivity contribution in [3.05, 3.63) is 35.9 Å². The van der Waals surface area contributed by atoms with Crippen molar-refractivity contribution in [2.45, 2.75) is 64.5 Å². The van der Waals surface area contributed by atoms with Crippen LogP contribution in [0, 0.1) is 0 Å². The predicted molar refractivity (Wildman–Crippen MR) is 104 cm³/mol. The van der Waals surface area contributed by atoms with Gasteiger partial charge in [-0.25, -0.2) is 4.79 Å². The molecule has 0 heterocycles. The number of Topliss-reactive ketones (excluding diaryl/α,β-unsaturated/α-hetero) is 1. The van der Waals surface area contributed by atoms with Crippen molar-refractivity contribution < 1.29 is 23.9 Å². The molecule has 27 heavy (non-hydrogen) atoms. The molecule has 0 aromatic heterocycles. The lowest BCUT2D eigenvalue weighted by Gasteiger charge is -2.22. The minimum atomic E-state index is -0.934. The van der Waals surface area contributed by atoms with E-state index in [4.69, 9.17) is 9.47 Å². The molecule has 0 radical (unpaired) electrons. The Morgan fingerprint density at radius 1 is 1.04 bits per heavy atom. The van der Waals surface area contributed by atoms with Gasteiger partial charge in [0.05, 0.1) is 13.2 Å². The van der Waals surface area contributed by atoms with Crippen molar-refractivity contribution in [3.63, 3.8) is 0 Å². The van der Waals surface area contributed by atoms with Gasteiger partial charge in [-0.1, -0.05) is 37.5 Å². The van der Waals surface area contributed by atoms with Crippen LogP contribution in [0.5, 0.6) is 0 Å². The van der Waals surface area contributed by atoms with E-state index in [-0.39, 0.29) is 17.7 Å². The highest BCUT2D eigenvalue weighted by Crippen LogP contribution is 2.13. The molecule has 1 N–H and O–H groups in total. The van der Waals surface area contributed by atoms with Crippen LogP contribution in [0.15, 0.2) is 30.3 Å². The Morgan fingerprint density at radius 2 is 1.67 bits per heavy atom. The maximum atomic E-state index is 12.2. The van der Waals surface area contributed by atoms with Crippen LogP contribution in [0.25, 0.3) is 0 Å². The molecule has 1 aromatic carbocycles. The minimum Gasteiger partial charge on any atom is -0.467 e. The van der Waals surface area contributed by atoms with Crippen LogP contribution in [-0.2, 0) is 19.1 Å². The van der Waals surface area contributed by atoms with Gasteiger partial charge < -0.3 is 14.8 Å². The van der Waals surface area contributed by atoms with Crippen LogP contribution >= 0.6 is 0 Å². The number of amides is 1. The summed E-state index contributed by atoms with van der Waals surface area (Å²) in [7, 11) is 1.34. The highest BCUT2D eigenvalue weighted by molar-refractivity contribution is 5.97. The molecule has 0 aliphatic rings. The summed E-state index contributed by atoms with van der Waals surface area (Å²) in [6.07, 6.45) is 4.12. The molecule has 0 saturated heterocycles. The topological polar surface area (TPSA) is 81.7 Å². The molecule has 0 bridgehead atoms. The smallest absolute Gasteiger partial charge is 0.337 e. The molecule has 1 aromatic rings. The molecule has 6 nitrogen and oxygen atoms in total. The first-order valence-corrected chi connectivity index (χ1v) is 9.36. The molecule has 0 aliphatic carbocycles. The molecule has 0 saturated carbocycles. The molecular formula is C21H31NO5. The van der Waals surface area contributed by atoms with Crippen LogP contribution in [0.1, 0.15) is 63.2 Å². The van der Waals surface area contributed by atoms with Crippen LogP contribution in [-0.4, -0.2) is 43.0 Å². The summed E-state index contributed by atoms with van der Waals surface area (Å²) in [6, 6.07) is 8.41. The first-order chi connectivity index (χ1) is 12.8. The van der Waals surface area contributed by atoms with Crippen molar-refractivity contribution >= 4 is 17.7 Å². The minimum absolute atomic E-state index is 0.0394. The fourth-order valence-corrected chi connectivity index (χ4v) is 2.64. The summed E-state index contributed by atoms with van der Waals surface area (Å²) in [5.41, 5.74) is -0.384. The molecule has 150 valence electrons. The molecule has 1 amide bonds. The standard InChI is InChI=1S/C21H31NO5/c1-16(23)18(22-19(24)17-12-8-7-9-13-17)14-10-5-6-11-15-27-21(2,3)20(25)26-4/h7-9,12-13,18H,5-6,10-11,14-15H2,1-4H3,(H,22,24). The van der Waals surface area contributed by atoms with E-state index >= 15 is 0 Å². The lowest BCUT2D eigenvalue weighted by atomic mass is 10.0. The molecule has 1 atom stereocenters. The van der Waals surface area contributed by atoms with Crippen molar-refractivity contribution in [2.24, 2.45) is 0 Å². The summed E-state index contributed by atoms with van der Waals surface area (Å²) in [5, 5.41) is 2.81. The highest BCUT2D eigenvalue weighted by Gasteiger charge is 2.29. The van der Waals surface area contributed by atoms with E-state index in [2.05, 4.69) is 5.32 Å². The fraction of sp³-hybridized carbons (Fsp3) is 0.571. The van der Waals surface area contributed by atoms with Gasteiger partial charge in [0.25, 0.3) is 5.91 Å². The predicted octanol–water partition coefficient (Wildman–Crippen LogP) is 3.29. The third-order valence-electron chi connectivity index (χ3n) is 4.36. The highest BCUT2D eigenvalue weighted by atomic mass is 16.6. The molecular weight excluding hydrogens is 346 g/mol. The molecule has 0 aliphatic heterocycles. The summed E-state index contributed by atoms with van der Waals surface area (Å²) in [5.74, 6) is -0.655. The Labute approximate surface area is 161 Å². The van der Waals surface area contributed by atoms with E-state index in [0.717, 1.165) is 25.7 Å². The number of hydrogen-bond donors (Lipinski definition) is 1. The zero-order valence-corrected chi connectivity index (χ0v) is 16.7. The van der Waals surface area contributed by atoms with Crippen molar-refractivity contribution in [3.8, 4) is 0 Å². The number of unbranched alkanes of at least 4 members (excludes halogenated alkanes) is 3. The molecule has 6 heteroatoms. The van der Waals surface area contributed by atoms with Crippen LogP contribution in [0.3, 0.4) is 0 Å². The Balaban J connectivity index is 2.27. The van der Waals surface area contributed by atoms with Gasteiger partial charge in [0.2, 0.25) is 0 Å². The number of rotatable bonds is 12. The number of nitrogens with one attached hydrogen (secondary N) is 1. The maximum Gasteiger partial charge on any atom is 0.337 e. The third kappa shape index (κ3) is 8.35. The SMILES string of the molecule is COC(=O)C(C)(C)OCCCCCCC(NC(=O)c1ccccc1)C(C)=O. The number of ether oxygens (including phenoxy) is 2. The summed E-state index contributed by atoms with van der Waals surface area (Å²) in [6.45, 7) is 5.35. The Kier molecular flexibility index (Phi) is 9.72. The number of esters is 1. The van der Waals surface area contributed by atoms with Crippen molar-refractivity contribution in [1.29, 1.82) is 0 Å². The number of methoxy groups -OCH3 is 1. The maximum absolute atomic E-state index is 12.2. The number of carbonyl (C=O) groups is 3.